The number of amides is 1. The number of fused-ring (bicyclic) bond motifs is 2. The highest BCUT2D eigenvalue weighted by Crippen LogP contribution is 2.33. The van der Waals surface area contributed by atoms with Crippen LogP contribution in [0, 0.1) is 5.92 Å². The molecule has 194 valence electrons. The van der Waals surface area contributed by atoms with E-state index in [2.05, 4.69) is 46.8 Å². The number of hydrogen-bond acceptors (Lipinski definition) is 8. The first-order chi connectivity index (χ1) is 19.2. The zero-order chi connectivity index (χ0) is 26.2. The molecule has 0 saturated carbocycles. The standard InChI is InChI=1S/C28H25N9OS/c38-25(8-16-3-5-29-6-4-16)33-18-9-17(11-30-12-18)21-10-19-22(15-32-21)36-37-27(19)28-34-23-14-31-13-20(26(23)35-28)24-2-1-7-39-24/h1-2,7,9-16,29H,3-6,8H2,(H,33,38)(H,34,35)(H,36,37). The van der Waals surface area contributed by atoms with E-state index < -0.39 is 0 Å². The minimum Gasteiger partial charge on any atom is -0.335 e. The molecular formula is C28H25N9OS. The number of rotatable bonds is 6. The number of hydrogen-bond donors (Lipinski definition) is 4. The van der Waals surface area contributed by atoms with Crippen molar-refractivity contribution in [1.29, 1.82) is 0 Å². The van der Waals surface area contributed by atoms with Crippen LogP contribution >= 0.6 is 11.3 Å². The molecule has 39 heavy (non-hydrogen) atoms. The van der Waals surface area contributed by atoms with Gasteiger partial charge in [0.25, 0.3) is 0 Å². The molecule has 1 amide bonds. The van der Waals surface area contributed by atoms with Crippen molar-refractivity contribution >= 4 is 44.9 Å². The predicted octanol–water partition coefficient (Wildman–Crippen LogP) is 5.01. The second-order valence-corrected chi connectivity index (χ2v) is 10.7. The molecule has 1 saturated heterocycles. The number of nitrogens with one attached hydrogen (secondary N) is 4. The molecule has 10 nitrogen and oxygen atoms in total. The molecule has 1 fully saturated rings. The maximum absolute atomic E-state index is 12.6. The Kier molecular flexibility index (Phi) is 6.06. The van der Waals surface area contributed by atoms with E-state index in [0.717, 1.165) is 69.6 Å². The van der Waals surface area contributed by atoms with Crippen LogP contribution in [0.4, 0.5) is 5.69 Å². The number of anilines is 1. The van der Waals surface area contributed by atoms with Gasteiger partial charge in [-0.15, -0.1) is 11.3 Å². The van der Waals surface area contributed by atoms with E-state index in [1.165, 1.54) is 0 Å². The number of piperidine rings is 1. The second kappa shape index (κ2) is 10.0. The van der Waals surface area contributed by atoms with E-state index in [9.17, 15) is 4.79 Å². The number of pyridine rings is 3. The lowest BCUT2D eigenvalue weighted by Crippen LogP contribution is -2.30. The molecule has 11 heteroatoms. The van der Waals surface area contributed by atoms with Crippen LogP contribution in [0.25, 0.3) is 55.2 Å². The molecule has 6 aromatic heterocycles. The summed E-state index contributed by atoms with van der Waals surface area (Å²) < 4.78 is 0. The Morgan fingerprint density at radius 2 is 1.95 bits per heavy atom. The highest BCUT2D eigenvalue weighted by Gasteiger charge is 2.19. The SMILES string of the molecule is O=C(CC1CCNCC1)Nc1cncc(-c2cc3c(-c4nc5c(-c6cccs6)cncc5[nH]4)n[nH]c3cn2)c1. The van der Waals surface area contributed by atoms with Gasteiger partial charge < -0.3 is 15.6 Å². The monoisotopic (exact) mass is 535 g/mol. The van der Waals surface area contributed by atoms with Crippen molar-refractivity contribution in [3.05, 3.63) is 60.6 Å². The maximum atomic E-state index is 12.6. The van der Waals surface area contributed by atoms with Crippen molar-refractivity contribution in [2.75, 3.05) is 18.4 Å². The fraction of sp³-hybridized carbons (Fsp3) is 0.214. The zero-order valence-electron chi connectivity index (χ0n) is 20.9. The number of thiophene rings is 1. The van der Waals surface area contributed by atoms with Crippen LogP contribution < -0.4 is 10.6 Å². The number of H-pyrrole nitrogens is 2. The van der Waals surface area contributed by atoms with E-state index in [-0.39, 0.29) is 5.91 Å². The molecule has 7 rings (SSSR count). The van der Waals surface area contributed by atoms with Gasteiger partial charge in [0.15, 0.2) is 5.82 Å². The summed E-state index contributed by atoms with van der Waals surface area (Å²) in [6.07, 6.45) is 11.4. The molecule has 0 radical (unpaired) electrons. The van der Waals surface area contributed by atoms with Crippen LogP contribution in [-0.4, -0.2) is 54.1 Å². The number of nitrogens with zero attached hydrogens (tertiary/aromatic N) is 5. The lowest BCUT2D eigenvalue weighted by molar-refractivity contribution is -0.117. The van der Waals surface area contributed by atoms with Gasteiger partial charge in [-0.05, 0) is 55.4 Å². The molecule has 4 N–H and O–H groups in total. The molecule has 0 aliphatic carbocycles. The molecule has 0 atom stereocenters. The Morgan fingerprint density at radius 1 is 1.05 bits per heavy atom. The van der Waals surface area contributed by atoms with Gasteiger partial charge in [0.05, 0.1) is 41.0 Å². The largest absolute Gasteiger partial charge is 0.335 e. The van der Waals surface area contributed by atoms with E-state index in [0.29, 0.717) is 29.5 Å². The minimum absolute atomic E-state index is 0.0164. The summed E-state index contributed by atoms with van der Waals surface area (Å²) in [5.41, 5.74) is 6.36. The average molecular weight is 536 g/mol. The zero-order valence-corrected chi connectivity index (χ0v) is 21.8. The van der Waals surface area contributed by atoms with Crippen molar-refractivity contribution in [3.63, 3.8) is 0 Å². The topological polar surface area (TPSA) is 137 Å². The molecule has 0 spiro atoms. The lowest BCUT2D eigenvalue weighted by Gasteiger charge is -2.21. The minimum atomic E-state index is 0.0164. The summed E-state index contributed by atoms with van der Waals surface area (Å²) in [6, 6.07) is 7.96. The molecule has 1 aliphatic heterocycles. The smallest absolute Gasteiger partial charge is 0.224 e. The molecule has 0 aromatic carbocycles. The van der Waals surface area contributed by atoms with E-state index in [1.54, 1.807) is 36.1 Å². The third kappa shape index (κ3) is 4.66. The highest BCUT2D eigenvalue weighted by atomic mass is 32.1. The first kappa shape index (κ1) is 23.6. The fourth-order valence-corrected chi connectivity index (χ4v) is 5.86. The Balaban J connectivity index is 1.19. The lowest BCUT2D eigenvalue weighted by atomic mass is 9.94. The van der Waals surface area contributed by atoms with Crippen molar-refractivity contribution in [1.82, 2.24) is 40.4 Å². The Hall–Kier alpha value is -4.48. The van der Waals surface area contributed by atoms with Crippen LogP contribution in [0.2, 0.25) is 0 Å². The molecule has 1 aliphatic rings. The highest BCUT2D eigenvalue weighted by molar-refractivity contribution is 7.13. The first-order valence-corrected chi connectivity index (χ1v) is 13.8. The molecule has 7 heterocycles. The summed E-state index contributed by atoms with van der Waals surface area (Å²) >= 11 is 1.65. The quantitative estimate of drug-likeness (QED) is 0.235. The third-order valence-corrected chi connectivity index (χ3v) is 8.01. The van der Waals surface area contributed by atoms with E-state index in [1.807, 2.05) is 29.8 Å². The molecular weight excluding hydrogens is 510 g/mol. The summed E-state index contributed by atoms with van der Waals surface area (Å²) in [5.74, 6) is 1.08. The number of aromatic amines is 2. The fourth-order valence-electron chi connectivity index (χ4n) is 5.12. The Labute approximate surface area is 227 Å². The Morgan fingerprint density at radius 3 is 2.82 bits per heavy atom. The number of aromatic nitrogens is 7. The van der Waals surface area contributed by atoms with Gasteiger partial charge in [-0.25, -0.2) is 4.98 Å². The number of imidazole rings is 1. The first-order valence-electron chi connectivity index (χ1n) is 12.9. The summed E-state index contributed by atoms with van der Waals surface area (Å²) in [4.78, 5) is 35.4. The van der Waals surface area contributed by atoms with E-state index >= 15 is 0 Å². The van der Waals surface area contributed by atoms with Crippen LogP contribution in [0.1, 0.15) is 19.3 Å². The third-order valence-electron chi connectivity index (χ3n) is 7.10. The van der Waals surface area contributed by atoms with Crippen molar-refractivity contribution in [2.45, 2.75) is 19.3 Å². The molecule has 0 bridgehead atoms. The van der Waals surface area contributed by atoms with Crippen molar-refractivity contribution < 1.29 is 4.79 Å². The van der Waals surface area contributed by atoms with Gasteiger partial charge in [-0.2, -0.15) is 5.10 Å². The summed E-state index contributed by atoms with van der Waals surface area (Å²) in [6.45, 7) is 1.94. The van der Waals surface area contributed by atoms with Gasteiger partial charge >= 0.3 is 0 Å². The van der Waals surface area contributed by atoms with Crippen LogP contribution in [0.3, 0.4) is 0 Å². The van der Waals surface area contributed by atoms with Crippen LogP contribution in [0.5, 0.6) is 0 Å². The van der Waals surface area contributed by atoms with Gasteiger partial charge in [0.1, 0.15) is 11.2 Å². The van der Waals surface area contributed by atoms with E-state index in [4.69, 9.17) is 4.98 Å². The maximum Gasteiger partial charge on any atom is 0.224 e. The molecule has 6 aromatic rings. The predicted molar refractivity (Wildman–Crippen MR) is 152 cm³/mol. The summed E-state index contributed by atoms with van der Waals surface area (Å²) in [5, 5.41) is 16.9. The average Bonchev–Trinajstić information content (AvgIpc) is 3.73. The van der Waals surface area contributed by atoms with Crippen molar-refractivity contribution in [2.24, 2.45) is 5.92 Å². The van der Waals surface area contributed by atoms with Crippen LogP contribution in [0.15, 0.2) is 60.6 Å². The Bertz CT molecular complexity index is 1780. The summed E-state index contributed by atoms with van der Waals surface area (Å²) in [7, 11) is 0. The molecule has 0 unspecified atom stereocenters. The van der Waals surface area contributed by atoms with Gasteiger partial charge in [-0.3, -0.25) is 24.8 Å². The number of carbonyl (C=O) groups excluding carboxylic acids is 1. The second-order valence-electron chi connectivity index (χ2n) is 9.74. The number of carbonyl (C=O) groups is 1. The normalized spacial score (nSPS) is 14.3. The van der Waals surface area contributed by atoms with Gasteiger partial charge in [0.2, 0.25) is 5.91 Å². The van der Waals surface area contributed by atoms with Crippen LogP contribution in [-0.2, 0) is 4.79 Å². The van der Waals surface area contributed by atoms with Gasteiger partial charge in [0, 0.05) is 40.2 Å². The van der Waals surface area contributed by atoms with Gasteiger partial charge in [-0.1, -0.05) is 6.07 Å². The van der Waals surface area contributed by atoms with Crippen molar-refractivity contribution in [3.8, 4) is 33.2 Å².